The lowest BCUT2D eigenvalue weighted by molar-refractivity contribution is 0.449. The van der Waals surface area contributed by atoms with Crippen molar-refractivity contribution in [2.45, 2.75) is 31.2 Å². The monoisotopic (exact) mass is 562 g/mol. The van der Waals surface area contributed by atoms with Gasteiger partial charge >= 0.3 is 0 Å². The first-order chi connectivity index (χ1) is 18.4. The van der Waals surface area contributed by atoms with E-state index in [0.29, 0.717) is 11.0 Å². The van der Waals surface area contributed by atoms with E-state index in [9.17, 15) is 0 Å². The fourth-order valence-corrected chi connectivity index (χ4v) is 7.19. The molecule has 2 aromatic carbocycles. The van der Waals surface area contributed by atoms with Crippen molar-refractivity contribution in [2.24, 2.45) is 0 Å². The average molecular weight is 563 g/mol. The van der Waals surface area contributed by atoms with Crippen LogP contribution in [0.4, 0.5) is 5.95 Å². The summed E-state index contributed by atoms with van der Waals surface area (Å²) >= 11 is 7.73. The van der Waals surface area contributed by atoms with Gasteiger partial charge in [-0.25, -0.2) is 15.0 Å². The Hall–Kier alpha value is -3.17. The topological polar surface area (TPSA) is 58.3 Å². The lowest BCUT2D eigenvalue weighted by Crippen LogP contribution is -2.35. The Morgan fingerprint density at radius 2 is 1.82 bits per heavy atom. The summed E-state index contributed by atoms with van der Waals surface area (Å²) in [5, 5.41) is 6.33. The van der Waals surface area contributed by atoms with Crippen LogP contribution in [0.2, 0.25) is 5.02 Å². The number of fused-ring (bicyclic) bond motifs is 1. The standard InChI is InChI=1S/C29H31ClN6S2/c1-5-23(20-35(6-2)38(3,4)24-14-12-22(30)13-15-24)32-28-31-17-16-25(33-28)27-26(21-10-8-7-9-11-21)34-29-36(27)18-19-37-29/h7-19,23H,3-6,20H2,1-2H3,(H,31,32,33). The van der Waals surface area contributed by atoms with Gasteiger partial charge in [0.25, 0.3) is 0 Å². The van der Waals surface area contributed by atoms with Gasteiger partial charge < -0.3 is 5.32 Å². The van der Waals surface area contributed by atoms with E-state index in [1.54, 1.807) is 11.3 Å². The van der Waals surface area contributed by atoms with Crippen molar-refractivity contribution < 1.29 is 0 Å². The second kappa shape index (κ2) is 11.3. The normalized spacial score (nSPS) is 12.7. The Kier molecular flexibility index (Phi) is 7.85. The zero-order valence-corrected chi connectivity index (χ0v) is 23.9. The third-order valence-electron chi connectivity index (χ3n) is 6.56. The molecule has 0 saturated heterocycles. The molecule has 0 aliphatic heterocycles. The minimum atomic E-state index is -1.68. The van der Waals surface area contributed by atoms with Gasteiger partial charge in [0.15, 0.2) is 4.96 Å². The van der Waals surface area contributed by atoms with Gasteiger partial charge in [0.05, 0.1) is 11.4 Å². The highest BCUT2D eigenvalue weighted by Crippen LogP contribution is 2.37. The summed E-state index contributed by atoms with van der Waals surface area (Å²) in [6, 6.07) is 20.2. The summed E-state index contributed by atoms with van der Waals surface area (Å²) < 4.78 is 4.45. The van der Waals surface area contributed by atoms with Gasteiger partial charge in [-0.05, 0) is 36.8 Å². The van der Waals surface area contributed by atoms with Crippen molar-refractivity contribution in [3.05, 3.63) is 83.5 Å². The van der Waals surface area contributed by atoms with E-state index in [1.165, 1.54) is 0 Å². The molecule has 1 N–H and O–H groups in total. The van der Waals surface area contributed by atoms with Crippen LogP contribution in [0.1, 0.15) is 20.3 Å². The predicted octanol–water partition coefficient (Wildman–Crippen LogP) is 7.33. The average Bonchev–Trinajstić information content (AvgIpc) is 3.53. The second-order valence-electron chi connectivity index (χ2n) is 9.02. The fourth-order valence-electron chi connectivity index (χ4n) is 4.45. The van der Waals surface area contributed by atoms with Crippen LogP contribution in [0.3, 0.4) is 0 Å². The number of halogens is 1. The molecule has 5 rings (SSSR count). The third-order valence-corrected chi connectivity index (χ3v) is 10.1. The molecule has 0 aliphatic rings. The molecular formula is C29H31ClN6S2. The Morgan fingerprint density at radius 3 is 2.53 bits per heavy atom. The maximum absolute atomic E-state index is 6.12. The summed E-state index contributed by atoms with van der Waals surface area (Å²) in [4.78, 5) is 16.5. The van der Waals surface area contributed by atoms with E-state index in [2.05, 4.69) is 56.7 Å². The molecular weight excluding hydrogens is 532 g/mol. The summed E-state index contributed by atoms with van der Waals surface area (Å²) in [7, 11) is -1.68. The van der Waals surface area contributed by atoms with Crippen molar-refractivity contribution in [3.63, 3.8) is 0 Å². The zero-order chi connectivity index (χ0) is 26.7. The number of hydrogen-bond acceptors (Lipinski definition) is 6. The van der Waals surface area contributed by atoms with Crippen LogP contribution in [0, 0.1) is 0 Å². The van der Waals surface area contributed by atoms with Gasteiger partial charge in [0.1, 0.15) is 5.69 Å². The van der Waals surface area contributed by atoms with Crippen LogP contribution in [-0.4, -0.2) is 54.5 Å². The molecule has 6 nitrogen and oxygen atoms in total. The summed E-state index contributed by atoms with van der Waals surface area (Å²) in [6.07, 6.45) is 4.75. The molecule has 196 valence electrons. The molecule has 0 fully saturated rings. The smallest absolute Gasteiger partial charge is 0.223 e. The molecule has 0 spiro atoms. The van der Waals surface area contributed by atoms with Crippen molar-refractivity contribution in [3.8, 4) is 22.6 Å². The number of benzene rings is 2. The fraction of sp³-hybridized carbons (Fsp3) is 0.207. The van der Waals surface area contributed by atoms with Crippen LogP contribution in [0.25, 0.3) is 27.6 Å². The summed E-state index contributed by atoms with van der Waals surface area (Å²) in [5.74, 6) is 9.66. The molecule has 1 atom stereocenters. The van der Waals surface area contributed by atoms with Crippen molar-refractivity contribution >= 4 is 55.0 Å². The second-order valence-corrected chi connectivity index (χ2v) is 13.0. The van der Waals surface area contributed by atoms with E-state index < -0.39 is 9.39 Å². The first kappa shape index (κ1) is 26.4. The summed E-state index contributed by atoms with van der Waals surface area (Å²) in [6.45, 7) is 5.91. The van der Waals surface area contributed by atoms with Gasteiger partial charge in [0.2, 0.25) is 5.95 Å². The quantitative estimate of drug-likeness (QED) is 0.181. The first-order valence-electron chi connectivity index (χ1n) is 12.5. The van der Waals surface area contributed by atoms with Crippen LogP contribution in [0.5, 0.6) is 0 Å². The lowest BCUT2D eigenvalue weighted by Gasteiger charge is -2.33. The maximum Gasteiger partial charge on any atom is 0.223 e. The molecule has 1 unspecified atom stereocenters. The number of anilines is 1. The lowest BCUT2D eigenvalue weighted by atomic mass is 10.1. The molecule has 3 aromatic heterocycles. The SMILES string of the molecule is C=S(=C)(c1ccc(Cl)cc1)N(CC)CC(CC)Nc1nccc(-c2c(-c3ccccc3)nc3sccn23)n1. The van der Waals surface area contributed by atoms with Gasteiger partial charge in [-0.3, -0.25) is 8.71 Å². The number of aromatic nitrogens is 4. The molecule has 38 heavy (non-hydrogen) atoms. The minimum Gasteiger partial charge on any atom is -0.350 e. The Balaban J connectivity index is 1.42. The molecule has 3 heterocycles. The summed E-state index contributed by atoms with van der Waals surface area (Å²) in [5.41, 5.74) is 3.76. The molecule has 0 aliphatic carbocycles. The van der Waals surface area contributed by atoms with Crippen LogP contribution in [0.15, 0.2) is 83.3 Å². The van der Waals surface area contributed by atoms with Crippen LogP contribution >= 0.6 is 32.3 Å². The van der Waals surface area contributed by atoms with Crippen LogP contribution < -0.4 is 5.32 Å². The van der Waals surface area contributed by atoms with Gasteiger partial charge in [-0.1, -0.05) is 67.5 Å². The number of rotatable bonds is 10. The van der Waals surface area contributed by atoms with E-state index in [0.717, 1.165) is 52.0 Å². The highest BCUT2D eigenvalue weighted by molar-refractivity contribution is 8.25. The van der Waals surface area contributed by atoms with Crippen LogP contribution in [-0.2, 0) is 0 Å². The number of likely N-dealkylation sites (N-methyl/N-ethyl adjacent to an activating group) is 1. The molecule has 0 saturated carbocycles. The number of nitrogens with one attached hydrogen (secondary N) is 1. The number of imidazole rings is 1. The maximum atomic E-state index is 6.12. The number of thiazole rings is 1. The molecule has 0 bridgehead atoms. The first-order valence-corrected chi connectivity index (χ1v) is 15.7. The zero-order valence-electron chi connectivity index (χ0n) is 21.5. The Bertz CT molecular complexity index is 1620. The highest BCUT2D eigenvalue weighted by atomic mass is 35.5. The Labute approximate surface area is 233 Å². The van der Waals surface area contributed by atoms with E-state index >= 15 is 0 Å². The largest absolute Gasteiger partial charge is 0.350 e. The van der Waals surface area contributed by atoms with Crippen molar-refractivity contribution in [1.82, 2.24) is 23.7 Å². The number of hydrogen-bond donors (Lipinski definition) is 1. The predicted molar refractivity (Wildman–Crippen MR) is 166 cm³/mol. The highest BCUT2D eigenvalue weighted by Gasteiger charge is 2.20. The van der Waals surface area contributed by atoms with Gasteiger partial charge in [-0.15, -0.1) is 20.7 Å². The molecule has 0 radical (unpaired) electrons. The minimum absolute atomic E-state index is 0.119. The van der Waals surface area contributed by atoms with Gasteiger partial charge in [-0.2, -0.15) is 0 Å². The molecule has 9 heteroatoms. The Morgan fingerprint density at radius 1 is 1.05 bits per heavy atom. The van der Waals surface area contributed by atoms with E-state index in [-0.39, 0.29) is 6.04 Å². The van der Waals surface area contributed by atoms with E-state index in [4.69, 9.17) is 21.6 Å². The molecule has 0 amide bonds. The number of nitrogens with zero attached hydrogens (tertiary/aromatic N) is 5. The van der Waals surface area contributed by atoms with E-state index in [1.807, 2.05) is 66.3 Å². The molecule has 5 aromatic rings. The third kappa shape index (κ3) is 5.35. The van der Waals surface area contributed by atoms with Crippen molar-refractivity contribution in [2.75, 3.05) is 18.4 Å². The van der Waals surface area contributed by atoms with Crippen molar-refractivity contribution in [1.29, 1.82) is 0 Å². The van der Waals surface area contributed by atoms with Gasteiger partial charge in [0, 0.05) is 52.4 Å².